The quantitative estimate of drug-likeness (QED) is 0.185. The van der Waals surface area contributed by atoms with E-state index in [0.717, 1.165) is 56.1 Å². The number of esters is 1. The van der Waals surface area contributed by atoms with Crippen molar-refractivity contribution in [3.05, 3.63) is 11.1 Å². The predicted octanol–water partition coefficient (Wildman–Crippen LogP) is 5.73. The molecule has 0 aromatic rings. The number of carbonyl (C=O) groups is 5. The van der Waals surface area contributed by atoms with E-state index in [-0.39, 0.29) is 101 Å². The molecule has 0 bridgehead atoms. The van der Waals surface area contributed by atoms with Crippen molar-refractivity contribution in [1.29, 1.82) is 0 Å². The molecule has 7 rings (SSSR count). The van der Waals surface area contributed by atoms with Crippen LogP contribution in [-0.2, 0) is 38.5 Å². The minimum Gasteiger partial charge on any atom is -0.481 e. The maximum Gasteiger partial charge on any atom is 0.309 e. The van der Waals surface area contributed by atoms with Gasteiger partial charge in [0.2, 0.25) is 11.8 Å². The third kappa shape index (κ3) is 7.63. The number of fused-ring (bicyclic) bond motifs is 7. The molecule has 11 atom stereocenters. The van der Waals surface area contributed by atoms with E-state index in [1.807, 2.05) is 13.8 Å². The van der Waals surface area contributed by atoms with E-state index in [1.165, 1.54) is 0 Å². The minimum atomic E-state index is -3.09. The average molecular weight is 900 g/mol. The Labute approximate surface area is 376 Å². The molecule has 0 aromatic heterocycles. The number of carboxylic acid groups (broad SMARTS) is 1. The fraction of sp³-hybridized carbons (Fsp3) is 0.857. The lowest BCUT2D eigenvalue weighted by Crippen LogP contribution is -2.66. The first kappa shape index (κ1) is 48.1. The molecule has 354 valence electrons. The molecule has 13 nitrogen and oxygen atoms in total. The predicted molar refractivity (Wildman–Crippen MR) is 239 cm³/mol. The molecule has 5 saturated carbocycles. The monoisotopic (exact) mass is 900 g/mol. The van der Waals surface area contributed by atoms with Crippen molar-refractivity contribution in [1.82, 2.24) is 15.5 Å². The summed E-state index contributed by atoms with van der Waals surface area (Å²) in [4.78, 5) is 68.1. The molecular formula is C49H77N3O10S. The summed E-state index contributed by atoms with van der Waals surface area (Å²) in [7, 11) is -3.09. The number of aliphatic hydroxyl groups is 1. The summed E-state index contributed by atoms with van der Waals surface area (Å²) in [5, 5.41) is 27.8. The number of Topliss-reactive ketones (excluding diaryl/α,β-unsaturated/α-hetero) is 1. The number of carboxylic acids is 1. The molecular weight excluding hydrogens is 823 g/mol. The highest BCUT2D eigenvalue weighted by molar-refractivity contribution is 7.91. The molecule has 63 heavy (non-hydrogen) atoms. The van der Waals surface area contributed by atoms with Gasteiger partial charge in [0.05, 0.1) is 36.0 Å². The molecule has 0 radical (unpaired) electrons. The van der Waals surface area contributed by atoms with E-state index in [1.54, 1.807) is 18.7 Å². The second-order valence-corrected chi connectivity index (χ2v) is 26.3. The van der Waals surface area contributed by atoms with E-state index in [9.17, 15) is 42.6 Å². The number of ether oxygens (including phenoxy) is 1. The lowest BCUT2D eigenvalue weighted by molar-refractivity contribution is -0.238. The highest BCUT2D eigenvalue weighted by Crippen LogP contribution is 2.77. The van der Waals surface area contributed by atoms with E-state index < -0.39 is 56.0 Å². The van der Waals surface area contributed by atoms with Gasteiger partial charge in [-0.2, -0.15) is 0 Å². The summed E-state index contributed by atoms with van der Waals surface area (Å²) in [6.07, 6.45) is 6.34. The van der Waals surface area contributed by atoms with Gasteiger partial charge in [-0.15, -0.1) is 0 Å². The van der Waals surface area contributed by atoms with E-state index in [4.69, 9.17) is 4.74 Å². The molecule has 1 heterocycles. The van der Waals surface area contributed by atoms with Crippen molar-refractivity contribution >= 4 is 39.4 Å². The second-order valence-electron chi connectivity index (χ2n) is 24.0. The summed E-state index contributed by atoms with van der Waals surface area (Å²) < 4.78 is 30.1. The van der Waals surface area contributed by atoms with Crippen molar-refractivity contribution in [2.24, 2.45) is 68.0 Å². The van der Waals surface area contributed by atoms with Gasteiger partial charge in [-0.3, -0.25) is 28.9 Å². The number of hydrogen-bond donors (Lipinski definition) is 4. The van der Waals surface area contributed by atoms with Gasteiger partial charge < -0.3 is 25.6 Å². The van der Waals surface area contributed by atoms with Gasteiger partial charge >= 0.3 is 11.9 Å². The fourth-order valence-corrected chi connectivity index (χ4v) is 16.7. The number of carbonyl (C=O) groups excluding carboxylic acids is 4. The Bertz CT molecular complexity index is 2050. The van der Waals surface area contributed by atoms with Crippen LogP contribution in [0, 0.1) is 68.0 Å². The topological polar surface area (TPSA) is 196 Å². The molecule has 2 amide bonds. The van der Waals surface area contributed by atoms with E-state index in [2.05, 4.69) is 59.1 Å². The number of amides is 2. The van der Waals surface area contributed by atoms with Gasteiger partial charge in [0.1, 0.15) is 11.6 Å². The molecule has 0 unspecified atom stereocenters. The number of aliphatic hydroxyl groups excluding tert-OH is 1. The van der Waals surface area contributed by atoms with Gasteiger partial charge in [-0.1, -0.05) is 67.9 Å². The largest absolute Gasteiger partial charge is 0.481 e. The average Bonchev–Trinajstić information content (AvgIpc) is 3.48. The molecule has 6 fully saturated rings. The number of sulfone groups is 1. The Morgan fingerprint density at radius 2 is 1.51 bits per heavy atom. The van der Waals surface area contributed by atoms with E-state index in [0.29, 0.717) is 24.7 Å². The number of nitrogens with zero attached hydrogens (tertiary/aromatic N) is 1. The van der Waals surface area contributed by atoms with Crippen LogP contribution in [0.2, 0.25) is 0 Å². The van der Waals surface area contributed by atoms with Gasteiger partial charge in [0, 0.05) is 36.9 Å². The number of hydrogen-bond acceptors (Lipinski definition) is 10. The van der Waals surface area contributed by atoms with Crippen LogP contribution in [0.3, 0.4) is 0 Å². The zero-order valence-corrected chi connectivity index (χ0v) is 40.8. The second kappa shape index (κ2) is 15.9. The number of allylic oxidation sites excluding steroid dienone is 1. The molecule has 0 spiro atoms. The van der Waals surface area contributed by atoms with Crippen LogP contribution < -0.4 is 10.6 Å². The van der Waals surface area contributed by atoms with Crippen molar-refractivity contribution < 1.29 is 47.3 Å². The van der Waals surface area contributed by atoms with Crippen LogP contribution in [-0.4, -0.2) is 108 Å². The number of rotatable bonds is 11. The Morgan fingerprint density at radius 3 is 2.11 bits per heavy atom. The lowest BCUT2D eigenvalue weighted by atomic mass is 9.33. The summed E-state index contributed by atoms with van der Waals surface area (Å²) in [6, 6.07) is 0. The standard InChI is InChI=1S/C49H77N3O10S/c1-28(2)38-32(53)25-49(35(54)26-50-42(59)45(7,8)51-37(55)27-52-20-22-63(60,61)23-21-52)19-18-47(10)29(39(38)49)12-13-34-46(9)16-15-36(44(5,6)33(46)14-17-48(34,47)11)62-41(58)31-24-30(40(56)57)43(31,3)4/h28-31,33-36,54H,12-27H2,1-11H3,(H,50,59)(H,51,55)(H,56,57)/t29-,30+,31-,33+,34-,35+,36+,46+,47-,48-,49+/m1/s1. The summed E-state index contributed by atoms with van der Waals surface area (Å²) in [5.41, 5.74) is -1.27. The molecule has 1 aliphatic heterocycles. The number of aliphatic carboxylic acids is 1. The zero-order chi connectivity index (χ0) is 46.7. The highest BCUT2D eigenvalue weighted by atomic mass is 32.2. The molecule has 1 saturated heterocycles. The van der Waals surface area contributed by atoms with Crippen molar-refractivity contribution in [2.45, 2.75) is 158 Å². The van der Waals surface area contributed by atoms with Gasteiger partial charge in [0.15, 0.2) is 15.6 Å². The molecule has 0 aromatic carbocycles. The van der Waals surface area contributed by atoms with Crippen molar-refractivity contribution in [2.75, 3.05) is 37.7 Å². The normalized spacial score (nSPS) is 39.7. The first-order chi connectivity index (χ1) is 29.0. The van der Waals surface area contributed by atoms with E-state index >= 15 is 0 Å². The first-order valence-corrected chi connectivity index (χ1v) is 25.7. The smallest absolute Gasteiger partial charge is 0.309 e. The SMILES string of the molecule is CC(C)C1=C2[C@H]3CC[C@@H]4[C@@]5(C)CC[C@H](OC(=O)[C@H]6C[C@@H](C(=O)O)C6(C)C)C(C)(C)[C@@H]5CC[C@@]4(C)[C@]3(C)CC[C@@]2([C@@H](O)CNC(=O)C(C)(C)NC(=O)CN2CCS(=O)(=O)CC2)CC1=O. The summed E-state index contributed by atoms with van der Waals surface area (Å²) in [5.74, 6) is -2.03. The maximum absolute atomic E-state index is 14.2. The highest BCUT2D eigenvalue weighted by Gasteiger charge is 2.71. The Morgan fingerprint density at radius 1 is 0.857 bits per heavy atom. The van der Waals surface area contributed by atoms with Gasteiger partial charge in [0.25, 0.3) is 0 Å². The van der Waals surface area contributed by atoms with Crippen molar-refractivity contribution in [3.63, 3.8) is 0 Å². The number of ketones is 1. The zero-order valence-electron chi connectivity index (χ0n) is 39.9. The third-order valence-electron chi connectivity index (χ3n) is 19.5. The molecule has 6 aliphatic carbocycles. The van der Waals surface area contributed by atoms with Crippen LogP contribution in [0.4, 0.5) is 0 Å². The van der Waals surface area contributed by atoms with Crippen molar-refractivity contribution in [3.8, 4) is 0 Å². The van der Waals surface area contributed by atoms with Gasteiger partial charge in [-0.05, 0) is 123 Å². The fourth-order valence-electron chi connectivity index (χ4n) is 15.4. The number of nitrogens with one attached hydrogen (secondary N) is 2. The Hall–Kier alpha value is -2.84. The summed E-state index contributed by atoms with van der Waals surface area (Å²) in [6.45, 7) is 23.5. The summed E-state index contributed by atoms with van der Waals surface area (Å²) >= 11 is 0. The van der Waals surface area contributed by atoms with Gasteiger partial charge in [-0.25, -0.2) is 8.42 Å². The van der Waals surface area contributed by atoms with Crippen LogP contribution in [0.1, 0.15) is 140 Å². The Balaban J connectivity index is 1.07. The molecule has 14 heteroatoms. The van der Waals surface area contributed by atoms with Crippen LogP contribution in [0.15, 0.2) is 11.1 Å². The third-order valence-corrected chi connectivity index (χ3v) is 21.1. The van der Waals surface area contributed by atoms with Crippen LogP contribution in [0.5, 0.6) is 0 Å². The maximum atomic E-state index is 14.2. The first-order valence-electron chi connectivity index (χ1n) is 23.9. The van der Waals surface area contributed by atoms with Crippen LogP contribution in [0.25, 0.3) is 0 Å². The molecule has 4 N–H and O–H groups in total. The van der Waals surface area contributed by atoms with Crippen LogP contribution >= 0.6 is 0 Å². The Kier molecular flexibility index (Phi) is 12.1. The molecule has 7 aliphatic rings. The minimum absolute atomic E-state index is 0.0000819. The lowest BCUT2D eigenvalue weighted by Gasteiger charge is -2.72.